The zero-order valence-corrected chi connectivity index (χ0v) is 18.7. The molecular formula is C22H23F3O7S. The Bertz CT molecular complexity index is 1100. The third kappa shape index (κ3) is 6.84. The number of fused-ring (bicyclic) bond motifs is 1. The number of alkyl halides is 3. The average Bonchev–Trinajstić information content (AvgIpc) is 3.12. The van der Waals surface area contributed by atoms with Crippen LogP contribution in [0.2, 0.25) is 0 Å². The Morgan fingerprint density at radius 2 is 1.64 bits per heavy atom. The third-order valence-electron chi connectivity index (χ3n) is 5.39. The van der Waals surface area contributed by atoms with Gasteiger partial charge in [0.05, 0.1) is 5.56 Å². The summed E-state index contributed by atoms with van der Waals surface area (Å²) in [5.41, 5.74) is 1.19. The zero-order chi connectivity index (χ0) is 24.4. The smallest absolute Gasteiger partial charge is 0.484 e. The molecule has 0 fully saturated rings. The molecule has 0 atom stereocenters. The van der Waals surface area contributed by atoms with Crippen molar-refractivity contribution in [1.82, 2.24) is 0 Å². The minimum Gasteiger partial charge on any atom is -0.484 e. The van der Waals surface area contributed by atoms with Crippen molar-refractivity contribution in [3.05, 3.63) is 59.2 Å². The van der Waals surface area contributed by atoms with Crippen LogP contribution in [0.25, 0.3) is 0 Å². The van der Waals surface area contributed by atoms with Crippen LogP contribution in [0.15, 0.2) is 42.5 Å². The summed E-state index contributed by atoms with van der Waals surface area (Å²) in [5.74, 6) is -2.78. The molecule has 0 unspecified atom stereocenters. The second kappa shape index (κ2) is 9.22. The van der Waals surface area contributed by atoms with Gasteiger partial charge in [-0.05, 0) is 56.0 Å². The third-order valence-corrected chi connectivity index (χ3v) is 6.07. The predicted molar refractivity (Wildman–Crippen MR) is 112 cm³/mol. The molecule has 1 aliphatic carbocycles. The van der Waals surface area contributed by atoms with Crippen molar-refractivity contribution in [1.29, 1.82) is 0 Å². The van der Waals surface area contributed by atoms with E-state index in [1.807, 2.05) is 24.3 Å². The van der Waals surface area contributed by atoms with E-state index in [2.05, 4.69) is 4.74 Å². The number of hydrogen-bond donors (Lipinski definition) is 1. The normalized spacial score (nSPS) is 14.6. The number of carbonyl (C=O) groups is 1. The molecular weight excluding hydrogens is 465 g/mol. The van der Waals surface area contributed by atoms with Crippen LogP contribution in [0.4, 0.5) is 13.2 Å². The van der Waals surface area contributed by atoms with Gasteiger partial charge in [0, 0.05) is 5.92 Å². The average molecular weight is 488 g/mol. The van der Waals surface area contributed by atoms with Crippen molar-refractivity contribution < 1.29 is 45.1 Å². The molecule has 0 spiro atoms. The molecule has 2 aromatic carbocycles. The van der Waals surface area contributed by atoms with Gasteiger partial charge in [-0.15, -0.1) is 13.2 Å². The summed E-state index contributed by atoms with van der Waals surface area (Å²) in [6, 6.07) is 10.9. The van der Waals surface area contributed by atoms with Crippen LogP contribution in [-0.2, 0) is 27.7 Å². The molecule has 180 valence electrons. The summed E-state index contributed by atoms with van der Waals surface area (Å²) in [7, 11) is -4.34. The Kier molecular flexibility index (Phi) is 6.94. The summed E-state index contributed by atoms with van der Waals surface area (Å²) in [6.45, 7) is 2.87. The highest BCUT2D eigenvalue weighted by Crippen LogP contribution is 2.40. The van der Waals surface area contributed by atoms with Crippen molar-refractivity contribution in [2.24, 2.45) is 5.92 Å². The number of carbonyl (C=O) groups excluding carboxylic acids is 1. The van der Waals surface area contributed by atoms with Gasteiger partial charge in [-0.1, -0.05) is 24.3 Å². The molecule has 0 heterocycles. The molecule has 0 saturated heterocycles. The SMILES string of the molecule is CC(C)(Oc1cc(C(=O)OCCS(=O)(=O)O)ccc1OC(F)(F)F)C1Cc2ccccc2C1. The molecule has 33 heavy (non-hydrogen) atoms. The molecule has 1 N–H and O–H groups in total. The molecule has 11 heteroatoms. The Morgan fingerprint density at radius 1 is 1.03 bits per heavy atom. The molecule has 0 bridgehead atoms. The maximum absolute atomic E-state index is 12.9. The van der Waals surface area contributed by atoms with E-state index in [1.54, 1.807) is 13.8 Å². The van der Waals surface area contributed by atoms with Crippen LogP contribution in [0.5, 0.6) is 11.5 Å². The highest BCUT2D eigenvalue weighted by molar-refractivity contribution is 7.85. The molecule has 1 aliphatic rings. The van der Waals surface area contributed by atoms with Gasteiger partial charge < -0.3 is 14.2 Å². The van der Waals surface area contributed by atoms with Crippen molar-refractivity contribution in [3.63, 3.8) is 0 Å². The number of halogens is 3. The number of esters is 1. The minimum absolute atomic E-state index is 0.0426. The van der Waals surface area contributed by atoms with E-state index in [-0.39, 0.29) is 17.2 Å². The van der Waals surface area contributed by atoms with E-state index in [0.29, 0.717) is 12.8 Å². The zero-order valence-electron chi connectivity index (χ0n) is 17.9. The summed E-state index contributed by atoms with van der Waals surface area (Å²) in [5, 5.41) is 0. The number of rotatable bonds is 8. The van der Waals surface area contributed by atoms with E-state index in [9.17, 15) is 26.4 Å². The van der Waals surface area contributed by atoms with Crippen molar-refractivity contribution in [3.8, 4) is 11.5 Å². The van der Waals surface area contributed by atoms with Crippen LogP contribution in [0.3, 0.4) is 0 Å². The maximum atomic E-state index is 12.9. The van der Waals surface area contributed by atoms with Crippen LogP contribution in [0.1, 0.15) is 35.3 Å². The van der Waals surface area contributed by atoms with Crippen LogP contribution in [0, 0.1) is 5.92 Å². The first-order valence-electron chi connectivity index (χ1n) is 10.0. The second-order valence-electron chi connectivity index (χ2n) is 8.21. The summed E-state index contributed by atoms with van der Waals surface area (Å²) < 4.78 is 83.8. The Labute approximate surface area is 189 Å². The number of hydrogen-bond acceptors (Lipinski definition) is 6. The lowest BCUT2D eigenvalue weighted by molar-refractivity contribution is -0.275. The fraction of sp³-hybridized carbons (Fsp3) is 0.409. The Morgan fingerprint density at radius 3 is 2.18 bits per heavy atom. The molecule has 3 rings (SSSR count). The summed E-state index contributed by atoms with van der Waals surface area (Å²) in [6.07, 6.45) is -3.63. The van der Waals surface area contributed by atoms with Gasteiger partial charge in [-0.2, -0.15) is 8.42 Å². The van der Waals surface area contributed by atoms with Crippen molar-refractivity contribution in [2.75, 3.05) is 12.4 Å². The Hall–Kier alpha value is -2.79. The highest BCUT2D eigenvalue weighted by atomic mass is 32.2. The first kappa shape index (κ1) is 24.8. The summed E-state index contributed by atoms with van der Waals surface area (Å²) in [4.78, 5) is 12.2. The molecule has 2 aromatic rings. The molecule has 0 saturated carbocycles. The first-order valence-corrected chi connectivity index (χ1v) is 11.6. The van der Waals surface area contributed by atoms with E-state index >= 15 is 0 Å². The quantitative estimate of drug-likeness (QED) is 0.439. The molecule has 0 aromatic heterocycles. The molecule has 0 aliphatic heterocycles. The number of benzene rings is 2. The molecule has 0 amide bonds. The van der Waals surface area contributed by atoms with Gasteiger partial charge in [0.25, 0.3) is 10.1 Å². The summed E-state index contributed by atoms with van der Waals surface area (Å²) >= 11 is 0. The van der Waals surface area contributed by atoms with Gasteiger partial charge >= 0.3 is 12.3 Å². The maximum Gasteiger partial charge on any atom is 0.573 e. The lowest BCUT2D eigenvalue weighted by atomic mass is 9.88. The Balaban J connectivity index is 1.83. The van der Waals surface area contributed by atoms with E-state index in [0.717, 1.165) is 29.3 Å². The van der Waals surface area contributed by atoms with E-state index in [4.69, 9.17) is 14.0 Å². The van der Waals surface area contributed by atoms with Gasteiger partial charge in [0.1, 0.15) is 18.0 Å². The van der Waals surface area contributed by atoms with E-state index in [1.165, 1.54) is 0 Å². The predicted octanol–water partition coefficient (Wildman–Crippen LogP) is 4.20. The van der Waals surface area contributed by atoms with Gasteiger partial charge in [-0.3, -0.25) is 4.55 Å². The van der Waals surface area contributed by atoms with Crippen LogP contribution in [-0.4, -0.2) is 43.3 Å². The van der Waals surface area contributed by atoms with Gasteiger partial charge in [-0.25, -0.2) is 4.79 Å². The largest absolute Gasteiger partial charge is 0.573 e. The fourth-order valence-electron chi connectivity index (χ4n) is 3.66. The van der Waals surface area contributed by atoms with Gasteiger partial charge in [0.2, 0.25) is 0 Å². The van der Waals surface area contributed by atoms with Gasteiger partial charge in [0.15, 0.2) is 11.5 Å². The lowest BCUT2D eigenvalue weighted by Crippen LogP contribution is -2.38. The van der Waals surface area contributed by atoms with Crippen LogP contribution < -0.4 is 9.47 Å². The topological polar surface area (TPSA) is 99.1 Å². The van der Waals surface area contributed by atoms with Crippen LogP contribution >= 0.6 is 0 Å². The highest BCUT2D eigenvalue weighted by Gasteiger charge is 2.38. The second-order valence-corrected chi connectivity index (χ2v) is 9.78. The van der Waals surface area contributed by atoms with E-state index < -0.39 is 46.2 Å². The van der Waals surface area contributed by atoms with Crippen molar-refractivity contribution in [2.45, 2.75) is 38.7 Å². The minimum atomic E-state index is -4.98. The monoisotopic (exact) mass is 488 g/mol. The standard InChI is InChI=1S/C22H23F3O7S/c1-21(2,17-11-14-5-3-4-6-15(14)12-17)31-19-13-16(7-8-18(19)32-22(23,24)25)20(26)30-9-10-33(27,28)29/h3-8,13,17H,9-12H2,1-2H3,(H,27,28,29). The molecule has 0 radical (unpaired) electrons. The van der Waals surface area contributed by atoms with Crippen molar-refractivity contribution >= 4 is 16.1 Å². The number of ether oxygens (including phenoxy) is 3. The first-order chi connectivity index (χ1) is 15.2. The fourth-order valence-corrected chi connectivity index (χ4v) is 3.96. The molecule has 7 nitrogen and oxygen atoms in total. The lowest BCUT2D eigenvalue weighted by Gasteiger charge is -2.33.